The fourth-order valence-electron chi connectivity index (χ4n) is 8.30. The van der Waals surface area contributed by atoms with Gasteiger partial charge in [0.2, 0.25) is 0 Å². The number of benzene rings is 1. The molecule has 1 aromatic carbocycles. The highest BCUT2D eigenvalue weighted by molar-refractivity contribution is 6.19. The van der Waals surface area contributed by atoms with E-state index in [1.54, 1.807) is 32.1 Å². The first-order valence-electron chi connectivity index (χ1n) is 16.6. The number of aliphatic hydroxyl groups excluding tert-OH is 1. The normalized spacial score (nSPS) is 31.6. The summed E-state index contributed by atoms with van der Waals surface area (Å²) in [6.07, 6.45) is 8.71. The van der Waals surface area contributed by atoms with Crippen LogP contribution in [0.1, 0.15) is 103 Å². The summed E-state index contributed by atoms with van der Waals surface area (Å²) in [7, 11) is 0. The van der Waals surface area contributed by atoms with E-state index in [2.05, 4.69) is 0 Å². The van der Waals surface area contributed by atoms with Gasteiger partial charge in [-0.15, -0.1) is 0 Å². The summed E-state index contributed by atoms with van der Waals surface area (Å²) in [6, 6.07) is 0. The molecule has 258 valence electrons. The minimum atomic E-state index is -1.68. The molecule has 10 nitrogen and oxygen atoms in total. The number of aromatic hydroxyl groups is 1. The van der Waals surface area contributed by atoms with E-state index < -0.39 is 57.7 Å². The van der Waals surface area contributed by atoms with Crippen molar-refractivity contribution >= 4 is 23.6 Å². The van der Waals surface area contributed by atoms with E-state index in [1.165, 1.54) is 13.0 Å². The van der Waals surface area contributed by atoms with Crippen LogP contribution in [-0.2, 0) is 20.7 Å². The lowest BCUT2D eigenvalue weighted by Gasteiger charge is -2.56. The van der Waals surface area contributed by atoms with Crippen molar-refractivity contribution in [1.82, 2.24) is 0 Å². The summed E-state index contributed by atoms with van der Waals surface area (Å²) in [5, 5.41) is 42.3. The second-order valence-electron chi connectivity index (χ2n) is 15.7. The Morgan fingerprint density at radius 3 is 2.42 bits per heavy atom. The topological polar surface area (TPSA) is 160 Å². The minimum absolute atomic E-state index is 0.0123. The first-order chi connectivity index (χ1) is 22.2. The van der Waals surface area contributed by atoms with Crippen molar-refractivity contribution in [3.05, 3.63) is 57.7 Å². The van der Waals surface area contributed by atoms with Gasteiger partial charge in [0.05, 0.1) is 22.9 Å². The lowest BCUT2D eigenvalue weighted by molar-refractivity contribution is -0.171. The number of phenolic OH excluding ortho intramolecular Hbond substituents is 1. The summed E-state index contributed by atoms with van der Waals surface area (Å²) < 4.78 is 20.5. The number of Topliss-reactive ketones (excluding diaryl/α,β-unsaturated/α-hetero) is 2. The fourth-order valence-corrected chi connectivity index (χ4v) is 8.30. The third-order valence-electron chi connectivity index (χ3n) is 11.0. The van der Waals surface area contributed by atoms with Gasteiger partial charge in [-0.1, -0.05) is 23.8 Å². The Morgan fingerprint density at radius 2 is 1.79 bits per heavy atom. The number of hydrogen-bond donors (Lipinski definition) is 4. The van der Waals surface area contributed by atoms with Crippen molar-refractivity contribution in [1.29, 1.82) is 0 Å². The Labute approximate surface area is 280 Å². The number of hydrogen-bond acceptors (Lipinski definition) is 9. The van der Waals surface area contributed by atoms with Crippen molar-refractivity contribution in [2.75, 3.05) is 0 Å². The lowest BCUT2D eigenvalue weighted by atomic mass is 9.51. The van der Waals surface area contributed by atoms with Crippen LogP contribution in [0.4, 0.5) is 0 Å². The fraction of sp³-hybridized carbons (Fsp3) is 0.553. The Kier molecular flexibility index (Phi) is 7.74. The maximum Gasteiger partial charge on any atom is 0.330 e. The second kappa shape index (κ2) is 10.9. The number of carboxylic acid groups (broad SMARTS) is 1. The first-order valence-corrected chi connectivity index (χ1v) is 16.6. The molecule has 2 unspecified atom stereocenters. The maximum absolute atomic E-state index is 14.7. The molecule has 0 amide bonds. The standard InChI is InChI=1S/C38H46O10/c1-19(2)9-10-23-30-22(12-14-36(8,46-30)15-13-26(39)34(4,5)45)28(40)27-29(41)24-17-21-18-25-35(6,7)48-37(32(21)42,16-11-20(3)33(43)44)38(24,25)47-31(23)27/h9,11-12,14,17,21,25-26,39-40,45H,10,13,15-16,18H2,1-8H3,(H,43,44)/b20-11-/t21-,25?,26?,36+,37+,38-/m1/s1. The molecule has 4 N–H and O–H groups in total. The lowest BCUT2D eigenvalue weighted by Crippen LogP contribution is -2.72. The summed E-state index contributed by atoms with van der Waals surface area (Å²) in [5.74, 6) is -2.78. The quantitative estimate of drug-likeness (QED) is 0.199. The summed E-state index contributed by atoms with van der Waals surface area (Å²) in [5.41, 5.74) is -4.30. The van der Waals surface area contributed by atoms with Gasteiger partial charge in [-0.25, -0.2) is 4.79 Å². The van der Waals surface area contributed by atoms with Gasteiger partial charge in [0.25, 0.3) is 0 Å². The average Bonchev–Trinajstić information content (AvgIpc) is 3.14. The highest BCUT2D eigenvalue weighted by Gasteiger charge is 2.81. The molecule has 6 aliphatic rings. The van der Waals surface area contributed by atoms with Gasteiger partial charge < -0.3 is 34.6 Å². The molecule has 7 rings (SSSR count). The highest BCUT2D eigenvalue weighted by Crippen LogP contribution is 2.68. The number of carbonyl (C=O) groups excluding carboxylic acids is 2. The monoisotopic (exact) mass is 662 g/mol. The first kappa shape index (κ1) is 34.1. The highest BCUT2D eigenvalue weighted by atomic mass is 16.6. The molecular weight excluding hydrogens is 616 g/mol. The van der Waals surface area contributed by atoms with Gasteiger partial charge in [0, 0.05) is 35.0 Å². The van der Waals surface area contributed by atoms with E-state index in [9.17, 15) is 34.8 Å². The van der Waals surface area contributed by atoms with E-state index in [0.29, 0.717) is 29.7 Å². The van der Waals surface area contributed by atoms with Gasteiger partial charge in [-0.3, -0.25) is 9.59 Å². The Hall–Kier alpha value is -3.73. The smallest absolute Gasteiger partial charge is 0.330 e. The molecule has 1 spiro atoms. The Morgan fingerprint density at radius 1 is 1.10 bits per heavy atom. The van der Waals surface area contributed by atoms with Gasteiger partial charge in [-0.2, -0.15) is 0 Å². The van der Waals surface area contributed by atoms with E-state index in [4.69, 9.17) is 14.2 Å². The van der Waals surface area contributed by atoms with Crippen LogP contribution < -0.4 is 9.47 Å². The molecule has 3 heterocycles. The van der Waals surface area contributed by atoms with Crippen molar-refractivity contribution < 1.29 is 49.0 Å². The summed E-state index contributed by atoms with van der Waals surface area (Å²) >= 11 is 0. The molecule has 1 saturated carbocycles. The third kappa shape index (κ3) is 4.82. The predicted molar refractivity (Wildman–Crippen MR) is 177 cm³/mol. The van der Waals surface area contributed by atoms with Gasteiger partial charge in [0.1, 0.15) is 28.4 Å². The SMILES string of the molecule is CC(C)=CCc1c2c(c(O)c3c1O[C@]14C(=C[C@@H]5CC1C(C)(C)O[C@@]4(C/C=C(/C)C(=O)O)C5=O)C3=O)C=C[C@@](C)(CCC(O)C(C)(C)O)O2. The number of aliphatic hydroxyl groups is 2. The van der Waals surface area contributed by atoms with Crippen molar-refractivity contribution in [3.63, 3.8) is 0 Å². The van der Waals surface area contributed by atoms with Crippen molar-refractivity contribution in [3.8, 4) is 17.2 Å². The van der Waals surface area contributed by atoms with Gasteiger partial charge >= 0.3 is 5.97 Å². The van der Waals surface area contributed by atoms with Crippen LogP contribution in [0.3, 0.4) is 0 Å². The molecule has 3 aliphatic heterocycles. The zero-order valence-corrected chi connectivity index (χ0v) is 28.9. The van der Waals surface area contributed by atoms with Crippen LogP contribution in [0.2, 0.25) is 0 Å². The molecule has 48 heavy (non-hydrogen) atoms. The number of carboxylic acids is 1. The molecule has 3 aliphatic carbocycles. The van der Waals surface area contributed by atoms with Crippen LogP contribution in [0.5, 0.6) is 17.2 Å². The van der Waals surface area contributed by atoms with E-state index in [-0.39, 0.29) is 53.3 Å². The van der Waals surface area contributed by atoms with Crippen LogP contribution in [0.25, 0.3) is 6.08 Å². The van der Waals surface area contributed by atoms with Crippen LogP contribution in [0, 0.1) is 11.8 Å². The number of allylic oxidation sites excluding steroid dienone is 3. The molecule has 4 bridgehead atoms. The van der Waals surface area contributed by atoms with Crippen molar-refractivity contribution in [2.45, 2.75) is 122 Å². The predicted octanol–water partition coefficient (Wildman–Crippen LogP) is 5.40. The Bertz CT molecular complexity index is 1750. The molecule has 10 heteroatoms. The largest absolute Gasteiger partial charge is 0.506 e. The minimum Gasteiger partial charge on any atom is -0.506 e. The molecular formula is C38H46O10. The van der Waals surface area contributed by atoms with Crippen LogP contribution in [0.15, 0.2) is 41.0 Å². The zero-order chi connectivity index (χ0) is 35.4. The number of ether oxygens (including phenoxy) is 3. The summed E-state index contributed by atoms with van der Waals surface area (Å²) in [4.78, 5) is 40.9. The van der Waals surface area contributed by atoms with Gasteiger partial charge in [0.15, 0.2) is 22.8 Å². The van der Waals surface area contributed by atoms with Crippen molar-refractivity contribution in [2.24, 2.45) is 11.8 Å². The van der Waals surface area contributed by atoms with E-state index in [0.717, 1.165) is 5.57 Å². The number of phenols is 1. The molecule has 2 fully saturated rings. The molecule has 0 radical (unpaired) electrons. The second-order valence-corrected chi connectivity index (χ2v) is 15.7. The van der Waals surface area contributed by atoms with Crippen LogP contribution >= 0.6 is 0 Å². The molecule has 1 saturated heterocycles. The molecule has 1 aromatic rings. The Balaban J connectivity index is 1.56. The molecule has 0 aromatic heterocycles. The van der Waals surface area contributed by atoms with Crippen LogP contribution in [-0.4, -0.2) is 72.1 Å². The number of fused-ring (bicyclic) bond motifs is 2. The zero-order valence-electron chi connectivity index (χ0n) is 28.9. The average molecular weight is 663 g/mol. The van der Waals surface area contributed by atoms with E-state index in [1.807, 2.05) is 40.7 Å². The number of aliphatic carboxylic acids is 1. The summed E-state index contributed by atoms with van der Waals surface area (Å²) in [6.45, 7) is 14.0. The third-order valence-corrected chi connectivity index (χ3v) is 11.0. The maximum atomic E-state index is 14.7. The number of ketones is 2. The molecule has 6 atom stereocenters. The van der Waals surface area contributed by atoms with E-state index >= 15 is 0 Å². The van der Waals surface area contributed by atoms with Gasteiger partial charge in [-0.05, 0) is 93.2 Å². The number of carbonyl (C=O) groups is 3. The number of rotatable bonds is 9.